The predicted octanol–water partition coefficient (Wildman–Crippen LogP) is 6.69. The normalized spacial score (nSPS) is 19.7. The Labute approximate surface area is 158 Å². The van der Waals surface area contributed by atoms with E-state index in [-0.39, 0.29) is 11.0 Å². The molecule has 2 aromatic rings. The van der Waals surface area contributed by atoms with Gasteiger partial charge in [-0.15, -0.1) is 0 Å². The van der Waals surface area contributed by atoms with E-state index in [1.54, 1.807) is 0 Å². The number of nitrogens with one attached hydrogen (secondary N) is 1. The van der Waals surface area contributed by atoms with E-state index in [4.69, 9.17) is 0 Å². The lowest BCUT2D eigenvalue weighted by molar-refractivity contribution is 0.471. The summed E-state index contributed by atoms with van der Waals surface area (Å²) in [4.78, 5) is 0. The molecule has 1 N–H and O–H groups in total. The first-order chi connectivity index (χ1) is 12.2. The van der Waals surface area contributed by atoms with E-state index in [1.165, 1.54) is 27.8 Å². The van der Waals surface area contributed by atoms with Gasteiger partial charge in [0.25, 0.3) is 0 Å². The second-order valence-corrected chi connectivity index (χ2v) is 8.44. The average molecular weight is 344 g/mol. The molecule has 2 aromatic carbocycles. The van der Waals surface area contributed by atoms with Gasteiger partial charge in [0.05, 0.1) is 5.54 Å². The quantitative estimate of drug-likeness (QED) is 0.654. The molecule has 0 bridgehead atoms. The number of hydrogen-bond donors (Lipinski definition) is 1. The number of hydrogen-bond acceptors (Lipinski definition) is 1. The van der Waals surface area contributed by atoms with Gasteiger partial charge >= 0.3 is 0 Å². The predicted molar refractivity (Wildman–Crippen MR) is 114 cm³/mol. The van der Waals surface area contributed by atoms with E-state index in [0.29, 0.717) is 0 Å². The minimum absolute atomic E-state index is 0.133. The summed E-state index contributed by atoms with van der Waals surface area (Å²) in [6, 6.07) is 17.2. The van der Waals surface area contributed by atoms with E-state index in [0.717, 1.165) is 5.57 Å². The van der Waals surface area contributed by atoms with Crippen molar-refractivity contribution in [3.8, 4) is 11.1 Å². The highest BCUT2D eigenvalue weighted by Gasteiger charge is 2.29. The first-order valence-electron chi connectivity index (χ1n) is 9.24. The molecule has 3 rings (SSSR count). The van der Waals surface area contributed by atoms with Gasteiger partial charge in [-0.3, -0.25) is 0 Å². The van der Waals surface area contributed by atoms with Gasteiger partial charge in [0.2, 0.25) is 0 Å². The van der Waals surface area contributed by atoms with Crippen LogP contribution in [0.1, 0.15) is 45.7 Å². The highest BCUT2D eigenvalue weighted by Crippen LogP contribution is 2.37. The summed E-state index contributed by atoms with van der Waals surface area (Å²) >= 11 is 0. The Morgan fingerprint density at radius 2 is 1.69 bits per heavy atom. The second-order valence-electron chi connectivity index (χ2n) is 8.44. The van der Waals surface area contributed by atoms with Crippen molar-refractivity contribution in [3.05, 3.63) is 90.2 Å². The molecule has 26 heavy (non-hydrogen) atoms. The van der Waals surface area contributed by atoms with Crippen molar-refractivity contribution in [3.63, 3.8) is 0 Å². The van der Waals surface area contributed by atoms with Crippen LogP contribution in [0.4, 0.5) is 0 Å². The fourth-order valence-electron chi connectivity index (χ4n) is 3.37. The van der Waals surface area contributed by atoms with Crippen LogP contribution in [0, 0.1) is 5.41 Å². The summed E-state index contributed by atoms with van der Waals surface area (Å²) in [6.45, 7) is 15.2. The first kappa shape index (κ1) is 18.3. The lowest BCUT2D eigenvalue weighted by atomic mass is 9.79. The molecule has 0 aliphatic carbocycles. The summed E-state index contributed by atoms with van der Waals surface area (Å²) in [5.74, 6) is 0. The molecule has 0 amide bonds. The standard InChI is InChI=1S/C25H29N/c1-18(2)22-13-12-20(19-10-8-7-9-11-19)16-23(22)25(6)15-14-21(17-26-25)24(3,4)5/h7-17,26H,1H2,2-6H3. The van der Waals surface area contributed by atoms with Crippen LogP contribution >= 0.6 is 0 Å². The molecule has 0 radical (unpaired) electrons. The van der Waals surface area contributed by atoms with Gasteiger partial charge in [-0.05, 0) is 53.2 Å². The van der Waals surface area contributed by atoms with E-state index < -0.39 is 0 Å². The van der Waals surface area contributed by atoms with Crippen LogP contribution in [0.2, 0.25) is 0 Å². The lowest BCUT2D eigenvalue weighted by Gasteiger charge is -2.35. The molecule has 0 aromatic heterocycles. The van der Waals surface area contributed by atoms with E-state index in [9.17, 15) is 0 Å². The summed E-state index contributed by atoms with van der Waals surface area (Å²) in [6.07, 6.45) is 6.70. The van der Waals surface area contributed by atoms with Gasteiger partial charge in [0.15, 0.2) is 0 Å². The lowest BCUT2D eigenvalue weighted by Crippen LogP contribution is -2.38. The van der Waals surface area contributed by atoms with Crippen LogP contribution in [0.3, 0.4) is 0 Å². The Morgan fingerprint density at radius 1 is 1.00 bits per heavy atom. The molecule has 1 atom stereocenters. The number of benzene rings is 2. The third-order valence-corrected chi connectivity index (χ3v) is 5.14. The molecular formula is C25H29N. The topological polar surface area (TPSA) is 12.0 Å². The molecule has 1 nitrogen and oxygen atoms in total. The van der Waals surface area contributed by atoms with E-state index >= 15 is 0 Å². The molecule has 1 aliphatic heterocycles. The van der Waals surface area contributed by atoms with Crippen LogP contribution in [0.25, 0.3) is 16.7 Å². The SMILES string of the molecule is C=C(C)c1ccc(-c2ccccc2)cc1C1(C)C=CC(C(C)(C)C)=CN1. The van der Waals surface area contributed by atoms with E-state index in [1.807, 2.05) is 0 Å². The zero-order valence-corrected chi connectivity index (χ0v) is 16.6. The van der Waals surface area contributed by atoms with Crippen molar-refractivity contribution in [2.24, 2.45) is 5.41 Å². The van der Waals surface area contributed by atoms with Crippen molar-refractivity contribution >= 4 is 5.57 Å². The van der Waals surface area contributed by atoms with Crippen LogP contribution in [0.15, 0.2) is 79.0 Å². The van der Waals surface area contributed by atoms with Gasteiger partial charge in [-0.2, -0.15) is 0 Å². The Balaban J connectivity index is 2.07. The van der Waals surface area contributed by atoms with Gasteiger partial charge in [0.1, 0.15) is 0 Å². The number of allylic oxidation sites excluding steroid dienone is 3. The fraction of sp³-hybridized carbons (Fsp3) is 0.280. The molecule has 0 saturated carbocycles. The van der Waals surface area contributed by atoms with Gasteiger partial charge < -0.3 is 5.32 Å². The van der Waals surface area contributed by atoms with Crippen molar-refractivity contribution in [2.45, 2.75) is 40.2 Å². The fourth-order valence-corrected chi connectivity index (χ4v) is 3.37. The third-order valence-electron chi connectivity index (χ3n) is 5.14. The Bertz CT molecular complexity index is 878. The van der Waals surface area contributed by atoms with Crippen LogP contribution < -0.4 is 5.32 Å². The van der Waals surface area contributed by atoms with Gasteiger partial charge in [0, 0.05) is 6.20 Å². The van der Waals surface area contributed by atoms with Gasteiger partial charge in [-0.25, -0.2) is 0 Å². The minimum atomic E-state index is -0.256. The number of rotatable bonds is 3. The van der Waals surface area contributed by atoms with Crippen molar-refractivity contribution in [1.29, 1.82) is 0 Å². The molecule has 1 heterocycles. The summed E-state index contributed by atoms with van der Waals surface area (Å²) < 4.78 is 0. The van der Waals surface area contributed by atoms with Crippen molar-refractivity contribution in [1.82, 2.24) is 5.32 Å². The third kappa shape index (κ3) is 3.53. The largest absolute Gasteiger partial charge is 0.378 e. The minimum Gasteiger partial charge on any atom is -0.378 e. The Kier molecular flexibility index (Phi) is 4.66. The Morgan fingerprint density at radius 3 is 2.23 bits per heavy atom. The highest BCUT2D eigenvalue weighted by molar-refractivity contribution is 5.73. The summed E-state index contributed by atoms with van der Waals surface area (Å²) in [5.41, 5.74) is 7.20. The smallest absolute Gasteiger partial charge is 0.0785 e. The molecule has 0 saturated heterocycles. The van der Waals surface area contributed by atoms with E-state index in [2.05, 4.69) is 113 Å². The zero-order chi connectivity index (χ0) is 18.9. The van der Waals surface area contributed by atoms with Crippen LogP contribution in [-0.4, -0.2) is 0 Å². The second kappa shape index (κ2) is 6.64. The molecule has 0 spiro atoms. The monoisotopic (exact) mass is 343 g/mol. The van der Waals surface area contributed by atoms with Crippen LogP contribution in [0.5, 0.6) is 0 Å². The van der Waals surface area contributed by atoms with Crippen LogP contribution in [-0.2, 0) is 5.54 Å². The maximum absolute atomic E-state index is 4.20. The average Bonchev–Trinajstić information content (AvgIpc) is 2.61. The number of dihydropyridines is 1. The molecule has 1 unspecified atom stereocenters. The highest BCUT2D eigenvalue weighted by atomic mass is 14.9. The molecule has 1 aliphatic rings. The maximum atomic E-state index is 4.20. The summed E-state index contributed by atoms with van der Waals surface area (Å²) in [5, 5.41) is 3.65. The zero-order valence-electron chi connectivity index (χ0n) is 16.6. The van der Waals surface area contributed by atoms with Crippen molar-refractivity contribution in [2.75, 3.05) is 0 Å². The maximum Gasteiger partial charge on any atom is 0.0785 e. The van der Waals surface area contributed by atoms with Gasteiger partial charge in [-0.1, -0.05) is 87.5 Å². The Hall–Kier alpha value is -2.54. The molecule has 134 valence electrons. The summed E-state index contributed by atoms with van der Waals surface area (Å²) in [7, 11) is 0. The molecule has 0 fully saturated rings. The molecular weight excluding hydrogens is 314 g/mol. The van der Waals surface area contributed by atoms with Crippen molar-refractivity contribution < 1.29 is 0 Å². The molecule has 1 heteroatoms. The first-order valence-corrected chi connectivity index (χ1v) is 9.24.